The maximum absolute atomic E-state index is 6.08. The summed E-state index contributed by atoms with van der Waals surface area (Å²) < 4.78 is 0. The summed E-state index contributed by atoms with van der Waals surface area (Å²) in [6, 6.07) is 6.45. The Morgan fingerprint density at radius 2 is 2.11 bits per heavy atom. The molecule has 0 aliphatic carbocycles. The molecule has 106 valence electrons. The Kier molecular flexibility index (Phi) is 3.94. The quantitative estimate of drug-likeness (QED) is 0.921. The third kappa shape index (κ3) is 2.59. The van der Waals surface area contributed by atoms with Crippen molar-refractivity contribution in [1.82, 2.24) is 9.80 Å². The zero-order valence-corrected chi connectivity index (χ0v) is 12.8. The molecule has 3 heterocycles. The molecule has 2 fully saturated rings. The predicted molar refractivity (Wildman–Crippen MR) is 81.6 cm³/mol. The number of hydrogen-bond donors (Lipinski definition) is 1. The van der Waals surface area contributed by atoms with Gasteiger partial charge in [0, 0.05) is 41.5 Å². The molecule has 3 nitrogen and oxygen atoms in total. The van der Waals surface area contributed by atoms with E-state index >= 15 is 0 Å². The molecule has 0 spiro atoms. The normalized spacial score (nSPS) is 30.5. The number of thiophene rings is 1. The Bertz CT molecular complexity index is 431. The van der Waals surface area contributed by atoms with Crippen LogP contribution in [0.25, 0.3) is 0 Å². The zero-order chi connectivity index (χ0) is 13.4. The molecule has 2 saturated heterocycles. The van der Waals surface area contributed by atoms with Crippen LogP contribution in [0, 0.1) is 6.92 Å². The van der Waals surface area contributed by atoms with Gasteiger partial charge in [-0.1, -0.05) is 0 Å². The van der Waals surface area contributed by atoms with Crippen LogP contribution in [0.4, 0.5) is 0 Å². The fourth-order valence-electron chi connectivity index (χ4n) is 3.70. The van der Waals surface area contributed by atoms with Crippen molar-refractivity contribution in [2.45, 2.75) is 44.3 Å². The van der Waals surface area contributed by atoms with E-state index in [0.717, 1.165) is 18.6 Å². The van der Waals surface area contributed by atoms with E-state index < -0.39 is 0 Å². The second-order valence-corrected chi connectivity index (χ2v) is 7.35. The highest BCUT2D eigenvalue weighted by molar-refractivity contribution is 7.12. The molecule has 0 saturated carbocycles. The van der Waals surface area contributed by atoms with Crippen molar-refractivity contribution in [3.63, 3.8) is 0 Å². The lowest BCUT2D eigenvalue weighted by Crippen LogP contribution is -2.40. The van der Waals surface area contributed by atoms with E-state index in [2.05, 4.69) is 35.9 Å². The summed E-state index contributed by atoms with van der Waals surface area (Å²) in [6.45, 7) is 5.30. The molecule has 3 unspecified atom stereocenters. The van der Waals surface area contributed by atoms with Crippen LogP contribution < -0.4 is 5.73 Å². The molecule has 2 aliphatic rings. The molecule has 1 aromatic rings. The van der Waals surface area contributed by atoms with Crippen LogP contribution in [-0.4, -0.2) is 48.6 Å². The van der Waals surface area contributed by atoms with Crippen molar-refractivity contribution in [3.8, 4) is 0 Å². The third-order valence-electron chi connectivity index (χ3n) is 4.93. The van der Waals surface area contributed by atoms with Gasteiger partial charge < -0.3 is 5.73 Å². The number of likely N-dealkylation sites (N-methyl/N-ethyl adjacent to an activating group) is 1. The van der Waals surface area contributed by atoms with Gasteiger partial charge >= 0.3 is 0 Å². The van der Waals surface area contributed by atoms with E-state index in [0.29, 0.717) is 6.04 Å². The van der Waals surface area contributed by atoms with Crippen molar-refractivity contribution >= 4 is 11.3 Å². The van der Waals surface area contributed by atoms with E-state index in [9.17, 15) is 0 Å². The van der Waals surface area contributed by atoms with E-state index in [4.69, 9.17) is 5.73 Å². The second-order valence-electron chi connectivity index (χ2n) is 6.03. The van der Waals surface area contributed by atoms with Crippen LogP contribution in [-0.2, 0) is 0 Å². The summed E-state index contributed by atoms with van der Waals surface area (Å²) >= 11 is 1.91. The molecule has 19 heavy (non-hydrogen) atoms. The molecule has 0 aromatic carbocycles. The third-order valence-corrected chi connectivity index (χ3v) is 6.04. The van der Waals surface area contributed by atoms with E-state index in [1.54, 1.807) is 0 Å². The smallest absolute Gasteiger partial charge is 0.0564 e. The van der Waals surface area contributed by atoms with Gasteiger partial charge in [0.05, 0.1) is 6.04 Å². The van der Waals surface area contributed by atoms with Gasteiger partial charge in [-0.2, -0.15) is 0 Å². The summed E-state index contributed by atoms with van der Waals surface area (Å²) in [5.74, 6) is 0. The van der Waals surface area contributed by atoms with E-state index in [-0.39, 0.29) is 0 Å². The van der Waals surface area contributed by atoms with Crippen LogP contribution in [0.2, 0.25) is 0 Å². The first kappa shape index (κ1) is 13.6. The highest BCUT2D eigenvalue weighted by Crippen LogP contribution is 2.33. The van der Waals surface area contributed by atoms with Crippen LogP contribution in [0.1, 0.15) is 35.1 Å². The van der Waals surface area contributed by atoms with Gasteiger partial charge in [-0.25, -0.2) is 0 Å². The molecule has 4 heteroatoms. The van der Waals surface area contributed by atoms with Crippen LogP contribution in [0.15, 0.2) is 12.1 Å². The van der Waals surface area contributed by atoms with Crippen molar-refractivity contribution < 1.29 is 0 Å². The molecule has 0 radical (unpaired) electrons. The first-order valence-electron chi connectivity index (χ1n) is 7.41. The highest BCUT2D eigenvalue weighted by Gasteiger charge is 2.36. The number of nitrogens with zero attached hydrogens (tertiary/aromatic N) is 2. The topological polar surface area (TPSA) is 32.5 Å². The molecular formula is C15H25N3S. The Morgan fingerprint density at radius 1 is 1.32 bits per heavy atom. The van der Waals surface area contributed by atoms with Gasteiger partial charge in [0.2, 0.25) is 0 Å². The van der Waals surface area contributed by atoms with E-state index in [1.807, 2.05) is 11.3 Å². The number of nitrogens with two attached hydrogens (primary N) is 1. The number of fused-ring (bicyclic) bond motifs is 2. The van der Waals surface area contributed by atoms with Crippen molar-refractivity contribution in [2.75, 3.05) is 26.7 Å². The molecule has 2 bridgehead atoms. The summed E-state index contributed by atoms with van der Waals surface area (Å²) in [6.07, 6.45) is 4.05. The zero-order valence-electron chi connectivity index (χ0n) is 12.0. The summed E-state index contributed by atoms with van der Waals surface area (Å²) in [4.78, 5) is 8.07. The van der Waals surface area contributed by atoms with Crippen LogP contribution in [0.3, 0.4) is 0 Å². The number of aryl methyl sites for hydroxylation is 1. The summed E-state index contributed by atoms with van der Waals surface area (Å²) in [5, 5.41) is 0. The molecular weight excluding hydrogens is 254 g/mol. The monoisotopic (exact) mass is 279 g/mol. The number of rotatable bonds is 3. The number of likely N-dealkylation sites (tertiary alicyclic amines) is 1. The minimum absolute atomic E-state index is 0.423. The first-order valence-corrected chi connectivity index (χ1v) is 8.23. The molecule has 2 aliphatic heterocycles. The Hall–Kier alpha value is -0.420. The van der Waals surface area contributed by atoms with Crippen molar-refractivity contribution in [2.24, 2.45) is 5.73 Å². The first-order chi connectivity index (χ1) is 9.19. The SMILES string of the molecule is Cc1ccc(C(CN)N2CCC3CCC(C2)N3C)s1. The molecule has 1 aromatic heterocycles. The van der Waals surface area contributed by atoms with Gasteiger partial charge in [0.15, 0.2) is 0 Å². The standard InChI is InChI=1S/C15H25N3S/c1-11-3-6-15(19-11)14(9-16)18-8-7-12-4-5-13(10-18)17(12)2/h3,6,12-14H,4-5,7-10,16H2,1-2H3. The van der Waals surface area contributed by atoms with Crippen molar-refractivity contribution in [3.05, 3.63) is 21.9 Å². The maximum Gasteiger partial charge on any atom is 0.0564 e. The fourth-order valence-corrected chi connectivity index (χ4v) is 4.72. The fraction of sp³-hybridized carbons (Fsp3) is 0.733. The van der Waals surface area contributed by atoms with Gasteiger partial charge in [0.25, 0.3) is 0 Å². The summed E-state index contributed by atoms with van der Waals surface area (Å²) in [5.41, 5.74) is 6.08. The van der Waals surface area contributed by atoms with Gasteiger partial charge in [0.1, 0.15) is 0 Å². The Morgan fingerprint density at radius 3 is 2.79 bits per heavy atom. The lowest BCUT2D eigenvalue weighted by Gasteiger charge is -2.32. The average molecular weight is 279 g/mol. The van der Waals surface area contributed by atoms with E-state index in [1.165, 1.54) is 42.1 Å². The summed E-state index contributed by atoms with van der Waals surface area (Å²) in [7, 11) is 2.30. The lowest BCUT2D eigenvalue weighted by molar-refractivity contribution is 0.177. The Balaban J connectivity index is 1.77. The molecule has 2 N–H and O–H groups in total. The average Bonchev–Trinajstić information content (AvgIpc) is 2.88. The van der Waals surface area contributed by atoms with Gasteiger partial charge in [-0.15, -0.1) is 11.3 Å². The van der Waals surface area contributed by atoms with Gasteiger partial charge in [-0.3, -0.25) is 9.80 Å². The van der Waals surface area contributed by atoms with Crippen molar-refractivity contribution in [1.29, 1.82) is 0 Å². The largest absolute Gasteiger partial charge is 0.329 e. The van der Waals surface area contributed by atoms with Gasteiger partial charge in [-0.05, 0) is 45.4 Å². The second kappa shape index (κ2) is 5.52. The predicted octanol–water partition coefficient (Wildman–Crippen LogP) is 2.22. The minimum Gasteiger partial charge on any atom is -0.329 e. The maximum atomic E-state index is 6.08. The highest BCUT2D eigenvalue weighted by atomic mass is 32.1. The molecule has 3 atom stereocenters. The van der Waals surface area contributed by atoms with Crippen LogP contribution >= 0.6 is 11.3 Å². The Labute approximate surface area is 120 Å². The lowest BCUT2D eigenvalue weighted by atomic mass is 10.1. The molecule has 3 rings (SSSR count). The minimum atomic E-state index is 0.423. The van der Waals surface area contributed by atoms with Crippen LogP contribution in [0.5, 0.6) is 0 Å². The molecule has 0 amide bonds. The number of hydrogen-bond acceptors (Lipinski definition) is 4.